The predicted octanol–water partition coefficient (Wildman–Crippen LogP) is 3.94. The van der Waals surface area contributed by atoms with Crippen LogP contribution in [0.3, 0.4) is 0 Å². The lowest BCUT2D eigenvalue weighted by molar-refractivity contribution is 0.103. The number of benzene rings is 1. The third-order valence-corrected chi connectivity index (χ3v) is 4.23. The molecular formula is C13H11BrN2O3S. The number of nitrogens with one attached hydrogen (secondary N) is 2. The van der Waals surface area contributed by atoms with Crippen molar-refractivity contribution in [2.45, 2.75) is 0 Å². The summed E-state index contributed by atoms with van der Waals surface area (Å²) in [5.74, 6) is -0.180. The highest BCUT2D eigenvalue weighted by atomic mass is 79.9. The van der Waals surface area contributed by atoms with E-state index in [9.17, 15) is 9.59 Å². The molecule has 2 rings (SSSR count). The van der Waals surface area contributed by atoms with Gasteiger partial charge in [-0.1, -0.05) is 0 Å². The van der Waals surface area contributed by atoms with Gasteiger partial charge in [-0.25, -0.2) is 4.79 Å². The number of anilines is 2. The second-order valence-electron chi connectivity index (χ2n) is 3.75. The molecule has 0 aliphatic heterocycles. The summed E-state index contributed by atoms with van der Waals surface area (Å²) in [6.45, 7) is 0. The molecule has 1 heterocycles. The van der Waals surface area contributed by atoms with Crippen molar-refractivity contribution in [3.8, 4) is 0 Å². The van der Waals surface area contributed by atoms with Crippen LogP contribution in [0.1, 0.15) is 9.67 Å². The Morgan fingerprint density at radius 3 is 2.20 bits per heavy atom. The molecule has 0 aliphatic carbocycles. The zero-order valence-electron chi connectivity index (χ0n) is 10.5. The van der Waals surface area contributed by atoms with E-state index in [1.807, 2.05) is 11.4 Å². The molecule has 1 aromatic carbocycles. The van der Waals surface area contributed by atoms with Crippen LogP contribution in [-0.2, 0) is 4.74 Å². The molecule has 0 radical (unpaired) electrons. The number of thiophene rings is 1. The highest BCUT2D eigenvalue weighted by Crippen LogP contribution is 2.24. The minimum atomic E-state index is -0.538. The third kappa shape index (κ3) is 3.58. The molecule has 20 heavy (non-hydrogen) atoms. The fourth-order valence-electron chi connectivity index (χ4n) is 1.45. The largest absolute Gasteiger partial charge is 0.453 e. The van der Waals surface area contributed by atoms with E-state index in [0.717, 1.165) is 4.47 Å². The zero-order valence-corrected chi connectivity index (χ0v) is 12.9. The molecule has 0 spiro atoms. The van der Waals surface area contributed by atoms with E-state index in [0.29, 0.717) is 16.3 Å². The van der Waals surface area contributed by atoms with Crippen molar-refractivity contribution in [3.63, 3.8) is 0 Å². The van der Waals surface area contributed by atoms with Crippen LogP contribution in [0.4, 0.5) is 16.2 Å². The second-order valence-corrected chi connectivity index (χ2v) is 5.52. The number of carbonyl (C=O) groups is 2. The summed E-state index contributed by atoms with van der Waals surface area (Å²) in [6.07, 6.45) is -0.538. The normalized spacial score (nSPS) is 9.90. The first-order valence-electron chi connectivity index (χ1n) is 5.59. The molecule has 0 aliphatic rings. The van der Waals surface area contributed by atoms with Crippen LogP contribution in [0.15, 0.2) is 40.2 Å². The molecule has 2 aromatic rings. The molecule has 1 aromatic heterocycles. The maximum Gasteiger partial charge on any atom is 0.411 e. The Bertz CT molecular complexity index is 625. The molecule has 104 valence electrons. The molecule has 0 atom stereocenters. The molecule has 0 fully saturated rings. The van der Waals surface area contributed by atoms with Crippen LogP contribution in [0.2, 0.25) is 0 Å². The maximum atomic E-state index is 12.0. The van der Waals surface area contributed by atoms with Crippen molar-refractivity contribution in [2.75, 3.05) is 17.7 Å². The molecule has 5 nitrogen and oxygen atoms in total. The van der Waals surface area contributed by atoms with E-state index >= 15 is 0 Å². The van der Waals surface area contributed by atoms with E-state index in [2.05, 4.69) is 31.3 Å². The lowest BCUT2D eigenvalue weighted by atomic mass is 10.2. The van der Waals surface area contributed by atoms with Gasteiger partial charge in [-0.2, -0.15) is 0 Å². The van der Waals surface area contributed by atoms with Crippen LogP contribution in [0.25, 0.3) is 0 Å². The summed E-state index contributed by atoms with van der Waals surface area (Å²) < 4.78 is 5.26. The first-order chi connectivity index (χ1) is 9.60. The topological polar surface area (TPSA) is 67.4 Å². The fraction of sp³-hybridized carbons (Fsp3) is 0.0769. The second kappa shape index (κ2) is 6.53. The van der Waals surface area contributed by atoms with Crippen LogP contribution in [0.5, 0.6) is 0 Å². The predicted molar refractivity (Wildman–Crippen MR) is 82.4 cm³/mol. The summed E-state index contributed by atoms with van der Waals surface area (Å²) in [7, 11) is 1.29. The lowest BCUT2D eigenvalue weighted by Crippen LogP contribution is -2.12. The van der Waals surface area contributed by atoms with E-state index in [4.69, 9.17) is 0 Å². The summed E-state index contributed by atoms with van der Waals surface area (Å²) in [6, 6.07) is 8.57. The summed E-state index contributed by atoms with van der Waals surface area (Å²) in [4.78, 5) is 23.6. The minimum Gasteiger partial charge on any atom is -0.453 e. The number of hydrogen-bond donors (Lipinski definition) is 2. The monoisotopic (exact) mass is 354 g/mol. The molecule has 0 saturated carbocycles. The Morgan fingerprint density at radius 2 is 1.70 bits per heavy atom. The van der Waals surface area contributed by atoms with Gasteiger partial charge in [0.15, 0.2) is 0 Å². The quantitative estimate of drug-likeness (QED) is 0.876. The Hall–Kier alpha value is -1.86. The Morgan fingerprint density at radius 1 is 1.10 bits per heavy atom. The van der Waals surface area contributed by atoms with Crippen LogP contribution in [0, 0.1) is 0 Å². The van der Waals surface area contributed by atoms with Gasteiger partial charge in [-0.15, -0.1) is 11.3 Å². The summed E-state index contributed by atoms with van der Waals surface area (Å²) in [5.41, 5.74) is 1.23. The number of halogens is 1. The number of carbonyl (C=O) groups excluding carboxylic acids is 2. The first-order valence-corrected chi connectivity index (χ1v) is 7.27. The van der Waals surface area contributed by atoms with Gasteiger partial charge in [-0.3, -0.25) is 10.1 Å². The van der Waals surface area contributed by atoms with Crippen LogP contribution >= 0.6 is 27.3 Å². The van der Waals surface area contributed by atoms with E-state index in [-0.39, 0.29) is 5.91 Å². The van der Waals surface area contributed by atoms with Crippen molar-refractivity contribution in [3.05, 3.63) is 45.1 Å². The minimum absolute atomic E-state index is 0.180. The average Bonchev–Trinajstić information content (AvgIpc) is 2.87. The van der Waals surface area contributed by atoms with Gasteiger partial charge in [0.05, 0.1) is 7.11 Å². The number of amides is 2. The van der Waals surface area contributed by atoms with Crippen molar-refractivity contribution < 1.29 is 14.3 Å². The number of ether oxygens (including phenoxy) is 1. The van der Waals surface area contributed by atoms with Gasteiger partial charge in [0, 0.05) is 15.8 Å². The highest BCUT2D eigenvalue weighted by Gasteiger charge is 2.11. The molecule has 0 bridgehead atoms. The van der Waals surface area contributed by atoms with Gasteiger partial charge in [0.1, 0.15) is 4.88 Å². The molecule has 7 heteroatoms. The van der Waals surface area contributed by atoms with E-state index in [1.165, 1.54) is 18.4 Å². The standard InChI is InChI=1S/C13H11BrN2O3S/c1-19-13(18)16-9-4-2-8(3-5-9)15-12(17)11-10(14)6-7-20-11/h2-7H,1H3,(H,15,17)(H,16,18). The number of methoxy groups -OCH3 is 1. The van der Waals surface area contributed by atoms with Gasteiger partial charge in [0.2, 0.25) is 0 Å². The Kier molecular flexibility index (Phi) is 4.75. The fourth-order valence-corrected chi connectivity index (χ4v) is 2.90. The van der Waals surface area contributed by atoms with Crippen LogP contribution < -0.4 is 10.6 Å². The van der Waals surface area contributed by atoms with E-state index in [1.54, 1.807) is 24.3 Å². The maximum absolute atomic E-state index is 12.0. The van der Waals surface area contributed by atoms with Gasteiger partial charge < -0.3 is 10.1 Å². The van der Waals surface area contributed by atoms with E-state index < -0.39 is 6.09 Å². The summed E-state index contributed by atoms with van der Waals surface area (Å²) >= 11 is 4.67. The number of hydrogen-bond acceptors (Lipinski definition) is 4. The van der Waals surface area contributed by atoms with Gasteiger partial charge >= 0.3 is 6.09 Å². The molecule has 2 N–H and O–H groups in total. The summed E-state index contributed by atoms with van der Waals surface area (Å²) in [5, 5.41) is 7.14. The zero-order chi connectivity index (χ0) is 14.5. The smallest absolute Gasteiger partial charge is 0.411 e. The van der Waals surface area contributed by atoms with Crippen molar-refractivity contribution in [1.29, 1.82) is 0 Å². The first kappa shape index (κ1) is 14.5. The lowest BCUT2D eigenvalue weighted by Gasteiger charge is -2.06. The molecule has 0 saturated heterocycles. The highest BCUT2D eigenvalue weighted by molar-refractivity contribution is 9.10. The van der Waals surface area contributed by atoms with Crippen molar-refractivity contribution >= 4 is 50.6 Å². The molecule has 0 unspecified atom stereocenters. The third-order valence-electron chi connectivity index (χ3n) is 2.40. The molecular weight excluding hydrogens is 344 g/mol. The Labute approximate surface area is 128 Å². The Balaban J connectivity index is 2.02. The SMILES string of the molecule is COC(=O)Nc1ccc(NC(=O)c2sccc2Br)cc1. The van der Waals surface area contributed by atoms with Gasteiger partial charge in [-0.05, 0) is 51.6 Å². The molecule has 2 amide bonds. The van der Waals surface area contributed by atoms with Crippen molar-refractivity contribution in [2.24, 2.45) is 0 Å². The average molecular weight is 355 g/mol. The van der Waals surface area contributed by atoms with Gasteiger partial charge in [0.25, 0.3) is 5.91 Å². The van der Waals surface area contributed by atoms with Crippen molar-refractivity contribution in [1.82, 2.24) is 0 Å². The van der Waals surface area contributed by atoms with Crippen LogP contribution in [-0.4, -0.2) is 19.1 Å². The number of rotatable bonds is 3.